The van der Waals surface area contributed by atoms with E-state index in [0.29, 0.717) is 31.1 Å². The Morgan fingerprint density at radius 3 is 2.18 bits per heavy atom. The average molecular weight is 351 g/mol. The van der Waals surface area contributed by atoms with Gasteiger partial charge in [-0.1, -0.05) is 6.92 Å². The van der Waals surface area contributed by atoms with E-state index in [1.807, 2.05) is 6.92 Å². The van der Waals surface area contributed by atoms with Crippen molar-refractivity contribution < 1.29 is 17.9 Å². The number of nitrogens with two attached hydrogens (primary N) is 1. The van der Waals surface area contributed by atoms with Gasteiger partial charge in [-0.3, -0.25) is 0 Å². The number of sulfonamides is 1. The summed E-state index contributed by atoms with van der Waals surface area (Å²) in [5.74, 6) is 0.905. The van der Waals surface area contributed by atoms with Crippen molar-refractivity contribution in [2.24, 2.45) is 11.1 Å². The van der Waals surface area contributed by atoms with Gasteiger partial charge in [0.2, 0.25) is 10.0 Å². The average Bonchev–Trinajstić information content (AvgIpc) is 2.90. The Morgan fingerprint density at radius 2 is 1.77 bits per heavy atom. The number of hydrogen-bond acceptors (Lipinski definition) is 5. The van der Waals surface area contributed by atoms with Crippen molar-refractivity contribution in [1.29, 1.82) is 0 Å². The molecule has 0 amide bonds. The van der Waals surface area contributed by atoms with E-state index in [2.05, 4.69) is 0 Å². The van der Waals surface area contributed by atoms with Gasteiger partial charge in [0.15, 0.2) is 0 Å². The lowest BCUT2D eigenvalue weighted by atomic mass is 9.90. The molecule has 0 saturated carbocycles. The lowest BCUT2D eigenvalue weighted by molar-refractivity contribution is 0.349. The van der Waals surface area contributed by atoms with Crippen LogP contribution in [0.4, 0.5) is 0 Å². The molecule has 0 radical (unpaired) electrons. The molecule has 0 bridgehead atoms. The van der Waals surface area contributed by atoms with E-state index in [1.165, 1.54) is 30.7 Å². The summed E-state index contributed by atoms with van der Waals surface area (Å²) in [6, 6.07) is 4.67. The lowest BCUT2D eigenvalue weighted by Crippen LogP contribution is -2.34. The molecule has 0 aliphatic carbocycles. The fourth-order valence-corrected chi connectivity index (χ4v) is 4.07. The Labute approximate surface area is 138 Å². The molecule has 1 fully saturated rings. The Hall–Kier alpha value is -1.02. The Morgan fingerprint density at radius 1 is 1.23 bits per heavy atom. The first-order valence-corrected chi connectivity index (χ1v) is 8.22. The van der Waals surface area contributed by atoms with E-state index in [9.17, 15) is 8.42 Å². The topological polar surface area (TPSA) is 81.9 Å². The van der Waals surface area contributed by atoms with Gasteiger partial charge in [0, 0.05) is 31.3 Å². The highest BCUT2D eigenvalue weighted by Crippen LogP contribution is 2.34. The van der Waals surface area contributed by atoms with Crippen molar-refractivity contribution >= 4 is 22.4 Å². The van der Waals surface area contributed by atoms with Crippen LogP contribution in [0, 0.1) is 5.41 Å². The summed E-state index contributed by atoms with van der Waals surface area (Å²) in [4.78, 5) is 0.181. The van der Waals surface area contributed by atoms with Crippen molar-refractivity contribution in [3.63, 3.8) is 0 Å². The number of rotatable bonds is 5. The minimum atomic E-state index is -3.57. The minimum Gasteiger partial charge on any atom is -0.497 e. The Balaban J connectivity index is 0.00000242. The van der Waals surface area contributed by atoms with E-state index >= 15 is 0 Å². The summed E-state index contributed by atoms with van der Waals surface area (Å²) in [5, 5.41) is 0. The second kappa shape index (κ2) is 7.04. The van der Waals surface area contributed by atoms with Gasteiger partial charge in [-0.15, -0.1) is 12.4 Å². The van der Waals surface area contributed by atoms with Gasteiger partial charge in [-0.25, -0.2) is 8.42 Å². The molecule has 1 atom stereocenters. The van der Waals surface area contributed by atoms with Crippen molar-refractivity contribution in [2.75, 3.05) is 33.9 Å². The number of methoxy groups -OCH3 is 2. The molecule has 1 saturated heterocycles. The first-order chi connectivity index (χ1) is 9.84. The molecule has 1 aliphatic rings. The van der Waals surface area contributed by atoms with E-state index in [-0.39, 0.29) is 22.7 Å². The molecule has 1 aromatic carbocycles. The van der Waals surface area contributed by atoms with Crippen LogP contribution < -0.4 is 15.2 Å². The van der Waals surface area contributed by atoms with E-state index < -0.39 is 10.0 Å². The predicted octanol–water partition coefficient (Wildman–Crippen LogP) is 1.48. The van der Waals surface area contributed by atoms with Gasteiger partial charge in [0.1, 0.15) is 11.5 Å². The van der Waals surface area contributed by atoms with Gasteiger partial charge in [0.05, 0.1) is 19.1 Å². The molecule has 8 heteroatoms. The molecule has 0 spiro atoms. The molecule has 22 heavy (non-hydrogen) atoms. The molecular formula is C14H23ClN2O4S. The fraction of sp³-hybridized carbons (Fsp3) is 0.571. The standard InChI is InChI=1S/C14H22N2O4S.ClH/c1-14(9-15)4-5-16(10-14)21(17,18)13-7-11(19-2)6-12(8-13)20-3;/h6-8H,4-5,9-10,15H2,1-3H3;1H. The van der Waals surface area contributed by atoms with E-state index in [1.54, 1.807) is 6.07 Å². The van der Waals surface area contributed by atoms with Crippen LogP contribution in [0.3, 0.4) is 0 Å². The highest BCUT2D eigenvalue weighted by atomic mass is 35.5. The number of halogens is 1. The first-order valence-electron chi connectivity index (χ1n) is 6.78. The number of hydrogen-bond donors (Lipinski definition) is 1. The number of benzene rings is 1. The molecule has 1 aromatic rings. The Kier molecular flexibility index (Phi) is 6.09. The van der Waals surface area contributed by atoms with E-state index in [0.717, 1.165) is 6.42 Å². The van der Waals surface area contributed by atoms with Crippen molar-refractivity contribution in [3.05, 3.63) is 18.2 Å². The third kappa shape index (κ3) is 3.65. The molecule has 0 aromatic heterocycles. The zero-order chi connectivity index (χ0) is 15.7. The van der Waals surface area contributed by atoms with Crippen LogP contribution in [0.25, 0.3) is 0 Å². The lowest BCUT2D eigenvalue weighted by Gasteiger charge is -2.22. The van der Waals surface area contributed by atoms with Gasteiger partial charge in [-0.05, 0) is 18.4 Å². The highest BCUT2D eigenvalue weighted by molar-refractivity contribution is 7.89. The van der Waals surface area contributed by atoms with Crippen molar-refractivity contribution in [2.45, 2.75) is 18.2 Å². The van der Waals surface area contributed by atoms with E-state index in [4.69, 9.17) is 15.2 Å². The molecule has 1 unspecified atom stereocenters. The first kappa shape index (κ1) is 19.0. The Bertz CT molecular complexity index is 601. The zero-order valence-electron chi connectivity index (χ0n) is 13.0. The predicted molar refractivity (Wildman–Crippen MR) is 87.3 cm³/mol. The molecule has 1 aliphatic heterocycles. The molecule has 6 nitrogen and oxygen atoms in total. The maximum atomic E-state index is 12.7. The second-order valence-corrected chi connectivity index (χ2v) is 7.59. The van der Waals surface area contributed by atoms with Crippen LogP contribution in [-0.4, -0.2) is 46.6 Å². The molecule has 2 rings (SSSR count). The maximum Gasteiger partial charge on any atom is 0.243 e. The van der Waals surface area contributed by atoms with Crippen LogP contribution >= 0.6 is 12.4 Å². The SMILES string of the molecule is COc1cc(OC)cc(S(=O)(=O)N2CCC(C)(CN)C2)c1.Cl. The van der Waals surface area contributed by atoms with Crippen LogP contribution in [0.5, 0.6) is 11.5 Å². The summed E-state index contributed by atoms with van der Waals surface area (Å²) >= 11 is 0. The van der Waals surface area contributed by atoms with Gasteiger partial charge in [0.25, 0.3) is 0 Å². The fourth-order valence-electron chi connectivity index (χ4n) is 2.43. The third-order valence-corrected chi connectivity index (χ3v) is 5.80. The monoisotopic (exact) mass is 350 g/mol. The van der Waals surface area contributed by atoms with Crippen LogP contribution in [0.15, 0.2) is 23.1 Å². The highest BCUT2D eigenvalue weighted by Gasteiger charge is 2.39. The van der Waals surface area contributed by atoms with Crippen LogP contribution in [-0.2, 0) is 10.0 Å². The summed E-state index contributed by atoms with van der Waals surface area (Å²) in [6.07, 6.45) is 0.768. The van der Waals surface area contributed by atoms with Crippen LogP contribution in [0.2, 0.25) is 0 Å². The smallest absolute Gasteiger partial charge is 0.243 e. The maximum absolute atomic E-state index is 12.7. The largest absolute Gasteiger partial charge is 0.497 e. The number of ether oxygens (including phenoxy) is 2. The minimum absolute atomic E-state index is 0. The van der Waals surface area contributed by atoms with Crippen molar-refractivity contribution in [3.8, 4) is 11.5 Å². The van der Waals surface area contributed by atoms with Crippen molar-refractivity contribution in [1.82, 2.24) is 4.31 Å². The normalized spacial score (nSPS) is 22.2. The molecule has 2 N–H and O–H groups in total. The van der Waals surface area contributed by atoms with Crippen LogP contribution in [0.1, 0.15) is 13.3 Å². The quantitative estimate of drug-likeness (QED) is 0.869. The summed E-state index contributed by atoms with van der Waals surface area (Å²) in [5.41, 5.74) is 5.59. The van der Waals surface area contributed by atoms with Gasteiger partial charge >= 0.3 is 0 Å². The summed E-state index contributed by atoms with van der Waals surface area (Å²) < 4.78 is 37.2. The molecule has 1 heterocycles. The summed E-state index contributed by atoms with van der Waals surface area (Å²) in [6.45, 7) is 3.40. The second-order valence-electron chi connectivity index (χ2n) is 5.65. The third-order valence-electron chi connectivity index (χ3n) is 3.98. The molecular weight excluding hydrogens is 328 g/mol. The zero-order valence-corrected chi connectivity index (χ0v) is 14.7. The number of nitrogens with zero attached hydrogens (tertiary/aromatic N) is 1. The van der Waals surface area contributed by atoms with Gasteiger partial charge < -0.3 is 15.2 Å². The van der Waals surface area contributed by atoms with Gasteiger partial charge in [-0.2, -0.15) is 4.31 Å². The molecule has 126 valence electrons. The summed E-state index contributed by atoms with van der Waals surface area (Å²) in [7, 11) is -0.582.